The number of nitrogens with zero attached hydrogens (tertiary/aromatic N) is 1. The van der Waals surface area contributed by atoms with E-state index in [2.05, 4.69) is 0 Å². The number of benzene rings is 2. The number of esters is 3. The third-order valence-electron chi connectivity index (χ3n) is 5.93. The zero-order valence-electron chi connectivity index (χ0n) is 22.7. The molecule has 0 saturated carbocycles. The first-order chi connectivity index (χ1) is 17.8. The molecule has 1 heterocycles. The van der Waals surface area contributed by atoms with E-state index in [1.165, 1.54) is 4.90 Å². The monoisotopic (exact) mass is 525 g/mol. The van der Waals surface area contributed by atoms with Gasteiger partial charge >= 0.3 is 17.9 Å². The van der Waals surface area contributed by atoms with Crippen LogP contribution in [0.25, 0.3) is 0 Å². The number of hydrogen-bond donors (Lipinski definition) is 0. The highest BCUT2D eigenvalue weighted by Crippen LogP contribution is 2.30. The number of ether oxygens (including phenoxy) is 4. The maximum Gasteiger partial charge on any atom is 0.351 e. The van der Waals surface area contributed by atoms with Crippen LogP contribution < -0.4 is 4.90 Å². The molecule has 0 aromatic heterocycles. The van der Waals surface area contributed by atoms with Crippen molar-refractivity contribution in [2.24, 2.45) is 0 Å². The van der Waals surface area contributed by atoms with Gasteiger partial charge in [-0.25, -0.2) is 4.79 Å². The Kier molecular flexibility index (Phi) is 8.93. The molecule has 3 rings (SSSR count). The third kappa shape index (κ3) is 7.19. The van der Waals surface area contributed by atoms with Crippen molar-refractivity contribution in [3.05, 3.63) is 65.7 Å². The minimum absolute atomic E-state index is 0.101. The van der Waals surface area contributed by atoms with Crippen LogP contribution in [0.15, 0.2) is 54.6 Å². The molecule has 1 aliphatic heterocycles. The van der Waals surface area contributed by atoms with Crippen LogP contribution in [-0.2, 0) is 50.1 Å². The van der Waals surface area contributed by atoms with Crippen LogP contribution >= 0.6 is 0 Å². The van der Waals surface area contributed by atoms with Crippen molar-refractivity contribution < 1.29 is 38.1 Å². The van der Waals surface area contributed by atoms with E-state index in [0.717, 1.165) is 12.5 Å². The zero-order chi connectivity index (χ0) is 28.1. The van der Waals surface area contributed by atoms with Crippen molar-refractivity contribution in [2.75, 3.05) is 18.1 Å². The van der Waals surface area contributed by atoms with Gasteiger partial charge in [0.2, 0.25) is 6.10 Å². The molecule has 0 bridgehead atoms. The second-order valence-corrected chi connectivity index (χ2v) is 10.6. The molecule has 0 aliphatic carbocycles. The second kappa shape index (κ2) is 11.8. The fourth-order valence-electron chi connectivity index (χ4n) is 3.94. The van der Waals surface area contributed by atoms with Gasteiger partial charge in [-0.2, -0.15) is 0 Å². The van der Waals surface area contributed by atoms with E-state index in [-0.39, 0.29) is 19.8 Å². The standard InChI is InChI=1S/C29H35NO8/c1-19(31)37-24(26(33)38-28(2,3)4)23-25(32)30(15-16-35-23)22-14-10-13-21(17-22)29(5,6)27(34)36-18-20-11-8-7-9-12-20/h7-14,17,23-24H,15-16,18H2,1-6H3/t23-,24-/m1/s1. The number of carbonyl (C=O) groups excluding carboxylic acids is 4. The number of carbonyl (C=O) groups is 4. The van der Waals surface area contributed by atoms with Crippen molar-refractivity contribution in [3.8, 4) is 0 Å². The van der Waals surface area contributed by atoms with Crippen molar-refractivity contribution >= 4 is 29.5 Å². The Labute approximate surface area is 223 Å². The van der Waals surface area contributed by atoms with E-state index in [9.17, 15) is 19.2 Å². The summed E-state index contributed by atoms with van der Waals surface area (Å²) in [5.74, 6) is -2.59. The lowest BCUT2D eigenvalue weighted by Gasteiger charge is -2.36. The highest BCUT2D eigenvalue weighted by atomic mass is 16.6. The predicted molar refractivity (Wildman–Crippen MR) is 139 cm³/mol. The summed E-state index contributed by atoms with van der Waals surface area (Å²) in [6, 6.07) is 16.4. The highest BCUT2D eigenvalue weighted by Gasteiger charge is 2.44. The number of morpholine rings is 1. The quantitative estimate of drug-likeness (QED) is 0.379. The summed E-state index contributed by atoms with van der Waals surface area (Å²) in [7, 11) is 0. The number of hydrogen-bond acceptors (Lipinski definition) is 8. The van der Waals surface area contributed by atoms with Gasteiger partial charge in [0.05, 0.1) is 12.0 Å². The second-order valence-electron chi connectivity index (χ2n) is 10.6. The molecule has 0 radical (unpaired) electrons. The Morgan fingerprint density at radius 2 is 1.71 bits per heavy atom. The minimum Gasteiger partial charge on any atom is -0.460 e. The Morgan fingerprint density at radius 3 is 2.34 bits per heavy atom. The minimum atomic E-state index is -1.56. The fraction of sp³-hybridized carbons (Fsp3) is 0.448. The van der Waals surface area contributed by atoms with E-state index in [1.807, 2.05) is 30.3 Å². The average Bonchev–Trinajstić information content (AvgIpc) is 2.85. The molecular weight excluding hydrogens is 490 g/mol. The van der Waals surface area contributed by atoms with Gasteiger partial charge in [-0.3, -0.25) is 14.4 Å². The number of amides is 1. The van der Waals surface area contributed by atoms with E-state index in [1.54, 1.807) is 58.9 Å². The molecule has 2 aromatic carbocycles. The summed E-state index contributed by atoms with van der Waals surface area (Å²) >= 11 is 0. The molecule has 2 aromatic rings. The summed E-state index contributed by atoms with van der Waals surface area (Å²) in [4.78, 5) is 52.5. The first kappa shape index (κ1) is 28.8. The molecule has 1 fully saturated rings. The predicted octanol–water partition coefficient (Wildman–Crippen LogP) is 3.71. The lowest BCUT2D eigenvalue weighted by Crippen LogP contribution is -2.56. The first-order valence-corrected chi connectivity index (χ1v) is 12.4. The Morgan fingerprint density at radius 1 is 1.03 bits per heavy atom. The van der Waals surface area contributed by atoms with E-state index < -0.39 is 47.0 Å². The summed E-state index contributed by atoms with van der Waals surface area (Å²) in [6.45, 7) is 10.1. The Hall–Kier alpha value is -3.72. The first-order valence-electron chi connectivity index (χ1n) is 12.4. The van der Waals surface area contributed by atoms with Gasteiger partial charge in [-0.1, -0.05) is 42.5 Å². The van der Waals surface area contributed by atoms with Crippen LogP contribution in [0.1, 0.15) is 52.7 Å². The maximum atomic E-state index is 13.5. The fourth-order valence-corrected chi connectivity index (χ4v) is 3.94. The molecule has 0 spiro atoms. The number of anilines is 1. The van der Waals surface area contributed by atoms with Crippen LogP contribution in [0.5, 0.6) is 0 Å². The molecular formula is C29H35NO8. The van der Waals surface area contributed by atoms with E-state index in [0.29, 0.717) is 11.3 Å². The van der Waals surface area contributed by atoms with E-state index in [4.69, 9.17) is 18.9 Å². The molecule has 1 saturated heterocycles. The smallest absolute Gasteiger partial charge is 0.351 e. The molecule has 0 unspecified atom stereocenters. The van der Waals surface area contributed by atoms with Crippen LogP contribution in [0, 0.1) is 0 Å². The summed E-state index contributed by atoms with van der Waals surface area (Å²) < 4.78 is 21.7. The van der Waals surface area contributed by atoms with Gasteiger partial charge in [0.25, 0.3) is 5.91 Å². The van der Waals surface area contributed by atoms with Crippen molar-refractivity contribution in [1.29, 1.82) is 0 Å². The molecule has 1 aliphatic rings. The van der Waals surface area contributed by atoms with Gasteiger partial charge < -0.3 is 23.8 Å². The van der Waals surface area contributed by atoms with Crippen LogP contribution in [0.4, 0.5) is 5.69 Å². The molecule has 1 amide bonds. The molecule has 2 atom stereocenters. The van der Waals surface area contributed by atoms with Gasteiger partial charge in [-0.05, 0) is 57.9 Å². The molecule has 38 heavy (non-hydrogen) atoms. The SMILES string of the molecule is CC(=O)O[C@@H](C(=O)OC(C)(C)C)[C@H]1OCCN(c2cccc(C(C)(C)C(=O)OCc3ccccc3)c2)C1=O. The molecule has 0 N–H and O–H groups in total. The average molecular weight is 526 g/mol. The molecule has 9 nitrogen and oxygen atoms in total. The largest absolute Gasteiger partial charge is 0.460 e. The van der Waals surface area contributed by atoms with Gasteiger partial charge in [-0.15, -0.1) is 0 Å². The van der Waals surface area contributed by atoms with Gasteiger partial charge in [0.15, 0.2) is 6.10 Å². The molecule has 9 heteroatoms. The lowest BCUT2D eigenvalue weighted by molar-refractivity contribution is -0.188. The van der Waals surface area contributed by atoms with Crippen molar-refractivity contribution in [1.82, 2.24) is 0 Å². The van der Waals surface area contributed by atoms with Crippen molar-refractivity contribution in [3.63, 3.8) is 0 Å². The van der Waals surface area contributed by atoms with E-state index >= 15 is 0 Å². The normalized spacial score (nSPS) is 16.9. The Bertz CT molecular complexity index is 1170. The summed E-state index contributed by atoms with van der Waals surface area (Å²) in [5, 5.41) is 0. The highest BCUT2D eigenvalue weighted by molar-refractivity contribution is 6.01. The zero-order valence-corrected chi connectivity index (χ0v) is 22.7. The molecule has 204 valence electrons. The van der Waals surface area contributed by atoms with Crippen LogP contribution in [-0.4, -0.2) is 54.8 Å². The van der Waals surface area contributed by atoms with Crippen molar-refractivity contribution in [2.45, 2.75) is 71.4 Å². The number of rotatable bonds is 8. The lowest BCUT2D eigenvalue weighted by atomic mass is 9.84. The summed E-state index contributed by atoms with van der Waals surface area (Å²) in [6.07, 6.45) is -2.94. The van der Waals surface area contributed by atoms with Crippen LogP contribution in [0.3, 0.4) is 0 Å². The van der Waals surface area contributed by atoms with Gasteiger partial charge in [0, 0.05) is 19.2 Å². The summed E-state index contributed by atoms with van der Waals surface area (Å²) in [5.41, 5.74) is 0.170. The third-order valence-corrected chi connectivity index (χ3v) is 5.93. The van der Waals surface area contributed by atoms with Gasteiger partial charge in [0.1, 0.15) is 12.2 Å². The Balaban J connectivity index is 1.81. The topological polar surface area (TPSA) is 108 Å². The van der Waals surface area contributed by atoms with Crippen LogP contribution in [0.2, 0.25) is 0 Å². The maximum absolute atomic E-state index is 13.5.